The number of amides is 1. The van der Waals surface area contributed by atoms with Crippen LogP contribution in [0.5, 0.6) is 0 Å². The van der Waals surface area contributed by atoms with E-state index in [2.05, 4.69) is 5.32 Å². The minimum absolute atomic E-state index is 0.258. The van der Waals surface area contributed by atoms with Crippen molar-refractivity contribution < 1.29 is 13.2 Å². The maximum Gasteiger partial charge on any atom is 0.245 e. The predicted octanol–water partition coefficient (Wildman–Crippen LogP) is 3.83. The van der Waals surface area contributed by atoms with Crippen molar-refractivity contribution in [3.8, 4) is 0 Å². The molecule has 146 valence electrons. The molecule has 0 saturated heterocycles. The van der Waals surface area contributed by atoms with Crippen molar-refractivity contribution in [3.05, 3.63) is 58.7 Å². The smallest absolute Gasteiger partial charge is 0.245 e. The maximum atomic E-state index is 12.8. The van der Waals surface area contributed by atoms with Crippen LogP contribution in [0, 0.1) is 13.8 Å². The third-order valence-electron chi connectivity index (χ3n) is 4.64. The molecule has 0 aromatic heterocycles. The first-order chi connectivity index (χ1) is 12.7. The molecule has 0 spiro atoms. The lowest BCUT2D eigenvalue weighted by Crippen LogP contribution is -2.38. The van der Waals surface area contributed by atoms with Gasteiger partial charge in [0, 0.05) is 5.69 Å². The summed E-state index contributed by atoms with van der Waals surface area (Å²) in [5, 5.41) is 2.95. The number of benzene rings is 2. The number of para-hydroxylation sites is 2. The molecule has 27 heavy (non-hydrogen) atoms. The van der Waals surface area contributed by atoms with Crippen molar-refractivity contribution in [1.82, 2.24) is 0 Å². The molecule has 0 atom stereocenters. The van der Waals surface area contributed by atoms with Crippen LogP contribution < -0.4 is 9.62 Å². The monoisotopic (exact) mass is 388 g/mol. The zero-order valence-corrected chi connectivity index (χ0v) is 17.5. The highest BCUT2D eigenvalue weighted by atomic mass is 32.2. The Morgan fingerprint density at radius 2 is 1.44 bits per heavy atom. The number of hydrogen-bond acceptors (Lipinski definition) is 3. The average molecular weight is 389 g/mol. The van der Waals surface area contributed by atoms with E-state index in [0.717, 1.165) is 47.0 Å². The summed E-state index contributed by atoms with van der Waals surface area (Å²) in [4.78, 5) is 12.8. The molecule has 1 amide bonds. The Balaban J connectivity index is 2.37. The van der Waals surface area contributed by atoms with Crippen LogP contribution in [0.15, 0.2) is 36.4 Å². The Hall–Kier alpha value is -2.34. The molecule has 0 fully saturated rings. The van der Waals surface area contributed by atoms with E-state index in [0.29, 0.717) is 5.69 Å². The van der Waals surface area contributed by atoms with Gasteiger partial charge < -0.3 is 5.32 Å². The molecule has 0 saturated carbocycles. The molecule has 6 heteroatoms. The number of hydrogen-bond donors (Lipinski definition) is 1. The van der Waals surface area contributed by atoms with Gasteiger partial charge in [0.2, 0.25) is 15.9 Å². The predicted molar refractivity (Wildman–Crippen MR) is 112 cm³/mol. The molecule has 0 heterocycles. The molecule has 0 radical (unpaired) electrons. The summed E-state index contributed by atoms with van der Waals surface area (Å²) in [5.41, 5.74) is 5.08. The van der Waals surface area contributed by atoms with Crippen LogP contribution in [0.25, 0.3) is 0 Å². The van der Waals surface area contributed by atoms with E-state index in [1.165, 1.54) is 4.31 Å². The van der Waals surface area contributed by atoms with E-state index in [9.17, 15) is 13.2 Å². The van der Waals surface area contributed by atoms with Gasteiger partial charge >= 0.3 is 0 Å². The Kier molecular flexibility index (Phi) is 6.65. The van der Waals surface area contributed by atoms with E-state index >= 15 is 0 Å². The van der Waals surface area contributed by atoms with Crippen LogP contribution in [0.2, 0.25) is 0 Å². The molecule has 2 aromatic rings. The van der Waals surface area contributed by atoms with Gasteiger partial charge in [0.15, 0.2) is 0 Å². The zero-order chi connectivity index (χ0) is 20.2. The van der Waals surface area contributed by atoms with Crippen molar-refractivity contribution >= 4 is 27.3 Å². The van der Waals surface area contributed by atoms with Gasteiger partial charge in [-0.3, -0.25) is 9.10 Å². The Morgan fingerprint density at radius 3 is 1.89 bits per heavy atom. The summed E-state index contributed by atoms with van der Waals surface area (Å²) in [6, 6.07) is 11.5. The van der Waals surface area contributed by atoms with Gasteiger partial charge in [0.25, 0.3) is 0 Å². The molecule has 0 aliphatic rings. The number of anilines is 2. The zero-order valence-electron chi connectivity index (χ0n) is 16.7. The molecule has 0 unspecified atom stereocenters. The minimum atomic E-state index is -3.61. The quantitative estimate of drug-likeness (QED) is 0.784. The lowest BCUT2D eigenvalue weighted by Gasteiger charge is -2.26. The maximum absolute atomic E-state index is 12.8. The van der Waals surface area contributed by atoms with E-state index in [1.807, 2.05) is 64.1 Å². The molecular formula is C21H28N2O3S. The Morgan fingerprint density at radius 1 is 0.963 bits per heavy atom. The number of sulfonamides is 1. The molecular weight excluding hydrogens is 360 g/mol. The van der Waals surface area contributed by atoms with Crippen molar-refractivity contribution in [1.29, 1.82) is 0 Å². The van der Waals surface area contributed by atoms with Crippen LogP contribution in [-0.4, -0.2) is 27.1 Å². The van der Waals surface area contributed by atoms with Gasteiger partial charge in [-0.1, -0.05) is 50.2 Å². The van der Waals surface area contributed by atoms with Crippen LogP contribution in [-0.2, 0) is 27.7 Å². The first-order valence-electron chi connectivity index (χ1n) is 9.13. The number of nitrogens with one attached hydrogen (secondary N) is 1. The van der Waals surface area contributed by atoms with Crippen molar-refractivity contribution in [2.24, 2.45) is 0 Å². The fourth-order valence-electron chi connectivity index (χ4n) is 3.27. The van der Waals surface area contributed by atoms with E-state index < -0.39 is 10.0 Å². The lowest BCUT2D eigenvalue weighted by molar-refractivity contribution is -0.114. The highest BCUT2D eigenvalue weighted by molar-refractivity contribution is 7.92. The number of carbonyl (C=O) groups excluding carboxylic acids is 1. The molecule has 2 rings (SSSR count). The number of nitrogens with zero attached hydrogens (tertiary/aromatic N) is 1. The highest BCUT2D eigenvalue weighted by Crippen LogP contribution is 2.27. The standard InChI is InChI=1S/C21H28N2O3S/c1-6-17-12-9-13-18(7-2)20(17)22-19(24)14-23(27(5,25)26)21-15(3)10-8-11-16(21)4/h8-13H,6-7,14H2,1-5H3,(H,22,24). The van der Waals surface area contributed by atoms with E-state index in [-0.39, 0.29) is 12.5 Å². The van der Waals surface area contributed by atoms with Gasteiger partial charge in [-0.25, -0.2) is 8.42 Å². The summed E-state index contributed by atoms with van der Waals surface area (Å²) < 4.78 is 26.0. The molecule has 0 bridgehead atoms. The molecule has 2 aromatic carbocycles. The number of rotatable bonds is 7. The normalized spacial score (nSPS) is 11.3. The fourth-order valence-corrected chi connectivity index (χ4v) is 4.25. The second kappa shape index (κ2) is 8.57. The number of carbonyl (C=O) groups is 1. The van der Waals surface area contributed by atoms with Gasteiger partial charge in [-0.2, -0.15) is 0 Å². The summed E-state index contributed by atoms with van der Waals surface area (Å²) in [7, 11) is -3.61. The molecule has 0 aliphatic heterocycles. The van der Waals surface area contributed by atoms with Crippen molar-refractivity contribution in [3.63, 3.8) is 0 Å². The van der Waals surface area contributed by atoms with Crippen LogP contribution in [0.3, 0.4) is 0 Å². The fraction of sp³-hybridized carbons (Fsp3) is 0.381. The molecule has 5 nitrogen and oxygen atoms in total. The van der Waals surface area contributed by atoms with E-state index in [4.69, 9.17) is 0 Å². The average Bonchev–Trinajstić information content (AvgIpc) is 2.60. The highest BCUT2D eigenvalue weighted by Gasteiger charge is 2.24. The minimum Gasteiger partial charge on any atom is -0.324 e. The van der Waals surface area contributed by atoms with Crippen molar-refractivity contribution in [2.45, 2.75) is 40.5 Å². The summed E-state index contributed by atoms with van der Waals surface area (Å²) in [6.07, 6.45) is 2.70. The topological polar surface area (TPSA) is 66.5 Å². The van der Waals surface area contributed by atoms with Crippen molar-refractivity contribution in [2.75, 3.05) is 22.4 Å². The third kappa shape index (κ3) is 4.89. The summed E-state index contributed by atoms with van der Waals surface area (Å²) in [5.74, 6) is -0.348. The summed E-state index contributed by atoms with van der Waals surface area (Å²) in [6.45, 7) is 7.50. The Labute approximate surface area is 162 Å². The van der Waals surface area contributed by atoms with Gasteiger partial charge in [0.05, 0.1) is 11.9 Å². The lowest BCUT2D eigenvalue weighted by atomic mass is 10.0. The van der Waals surface area contributed by atoms with Crippen LogP contribution in [0.4, 0.5) is 11.4 Å². The third-order valence-corrected chi connectivity index (χ3v) is 5.75. The van der Waals surface area contributed by atoms with Crippen LogP contribution in [0.1, 0.15) is 36.1 Å². The second-order valence-electron chi connectivity index (χ2n) is 6.72. The first-order valence-corrected chi connectivity index (χ1v) is 11.0. The van der Waals surface area contributed by atoms with Gasteiger partial charge in [-0.05, 0) is 48.9 Å². The Bertz CT molecular complexity index is 894. The largest absolute Gasteiger partial charge is 0.324 e. The number of aryl methyl sites for hydroxylation is 4. The van der Waals surface area contributed by atoms with E-state index in [1.54, 1.807) is 0 Å². The summed E-state index contributed by atoms with van der Waals surface area (Å²) >= 11 is 0. The first kappa shape index (κ1) is 21.0. The molecule has 0 aliphatic carbocycles. The molecule has 1 N–H and O–H groups in total. The second-order valence-corrected chi connectivity index (χ2v) is 8.62. The SMILES string of the molecule is CCc1cccc(CC)c1NC(=O)CN(c1c(C)cccc1C)S(C)(=O)=O. The van der Waals surface area contributed by atoms with Gasteiger partial charge in [0.1, 0.15) is 6.54 Å². The van der Waals surface area contributed by atoms with Crippen LogP contribution >= 0.6 is 0 Å². The van der Waals surface area contributed by atoms with Gasteiger partial charge in [-0.15, -0.1) is 0 Å².